The minimum atomic E-state index is -0.433. The lowest BCUT2D eigenvalue weighted by molar-refractivity contribution is -0.141. The van der Waals surface area contributed by atoms with Gasteiger partial charge in [-0.15, -0.1) is 0 Å². The maximum absolute atomic E-state index is 12.5. The molecule has 0 bridgehead atoms. The lowest BCUT2D eigenvalue weighted by Crippen LogP contribution is -2.45. The molecule has 6 heteroatoms. The maximum atomic E-state index is 12.5. The number of urea groups is 1. The first kappa shape index (κ1) is 20.6. The molecule has 0 unspecified atom stereocenters. The van der Waals surface area contributed by atoms with Crippen LogP contribution in [0.3, 0.4) is 0 Å². The Morgan fingerprint density at radius 1 is 1.22 bits per heavy atom. The average Bonchev–Trinajstić information content (AvgIpc) is 3.04. The van der Waals surface area contributed by atoms with Crippen molar-refractivity contribution in [2.75, 3.05) is 13.2 Å². The number of hydrogen-bond acceptors (Lipinski definition) is 3. The maximum Gasteiger partial charge on any atom is 0.325 e. The van der Waals surface area contributed by atoms with E-state index in [9.17, 15) is 9.59 Å². The first-order valence-corrected chi connectivity index (χ1v) is 9.30. The minimum Gasteiger partial charge on any atom is -0.465 e. The van der Waals surface area contributed by atoms with Crippen molar-refractivity contribution in [3.63, 3.8) is 0 Å². The number of carbonyl (C=O) groups is 2. The fourth-order valence-electron chi connectivity index (χ4n) is 2.88. The largest absolute Gasteiger partial charge is 0.465 e. The standard InChI is InChI=1S/C21H29N3O3/c1-5-27-20(25)13-22-21(26)24(16(2)3)15-19-10-7-11-23(19)14-18-9-6-8-17(4)12-18/h6-12,16H,5,13-15H2,1-4H3,(H,22,26). The van der Waals surface area contributed by atoms with E-state index in [1.807, 2.05) is 32.2 Å². The first-order valence-electron chi connectivity index (χ1n) is 9.30. The van der Waals surface area contributed by atoms with Gasteiger partial charge in [-0.05, 0) is 45.4 Å². The van der Waals surface area contributed by atoms with Crippen molar-refractivity contribution >= 4 is 12.0 Å². The van der Waals surface area contributed by atoms with Gasteiger partial charge in [-0.2, -0.15) is 0 Å². The summed E-state index contributed by atoms with van der Waals surface area (Å²) in [6, 6.07) is 12.1. The number of carbonyl (C=O) groups excluding carboxylic acids is 2. The van der Waals surface area contributed by atoms with Crippen LogP contribution in [0.5, 0.6) is 0 Å². The lowest BCUT2D eigenvalue weighted by Gasteiger charge is -2.27. The van der Waals surface area contributed by atoms with Gasteiger partial charge in [-0.1, -0.05) is 29.8 Å². The van der Waals surface area contributed by atoms with Crippen LogP contribution in [-0.2, 0) is 22.6 Å². The number of aryl methyl sites for hydroxylation is 1. The van der Waals surface area contributed by atoms with Crippen molar-refractivity contribution in [2.24, 2.45) is 0 Å². The summed E-state index contributed by atoms with van der Waals surface area (Å²) in [4.78, 5) is 25.7. The molecule has 2 amide bonds. The van der Waals surface area contributed by atoms with E-state index in [0.717, 1.165) is 12.2 Å². The van der Waals surface area contributed by atoms with Crippen LogP contribution in [-0.4, -0.2) is 40.7 Å². The highest BCUT2D eigenvalue weighted by molar-refractivity contribution is 5.81. The Labute approximate surface area is 161 Å². The predicted octanol–water partition coefficient (Wildman–Crippen LogP) is 3.33. The molecule has 27 heavy (non-hydrogen) atoms. The van der Waals surface area contributed by atoms with Crippen molar-refractivity contribution < 1.29 is 14.3 Å². The molecule has 1 aromatic carbocycles. The molecule has 0 saturated carbocycles. The Morgan fingerprint density at radius 3 is 2.67 bits per heavy atom. The molecule has 146 valence electrons. The fraction of sp³-hybridized carbons (Fsp3) is 0.429. The summed E-state index contributed by atoms with van der Waals surface area (Å²) in [6.07, 6.45) is 2.02. The smallest absolute Gasteiger partial charge is 0.325 e. The molecule has 1 heterocycles. The van der Waals surface area contributed by atoms with Crippen molar-refractivity contribution in [3.05, 3.63) is 59.4 Å². The molecule has 1 aromatic heterocycles. The Bertz CT molecular complexity index is 768. The SMILES string of the molecule is CCOC(=O)CNC(=O)N(Cc1cccn1Cc1cccc(C)c1)C(C)C. The van der Waals surface area contributed by atoms with Crippen molar-refractivity contribution in [2.45, 2.75) is 46.8 Å². The van der Waals surface area contributed by atoms with Gasteiger partial charge in [-0.25, -0.2) is 4.79 Å². The van der Waals surface area contributed by atoms with Crippen LogP contribution >= 0.6 is 0 Å². The van der Waals surface area contributed by atoms with E-state index in [4.69, 9.17) is 4.74 Å². The summed E-state index contributed by atoms with van der Waals surface area (Å²) in [5.41, 5.74) is 3.48. The van der Waals surface area contributed by atoms with E-state index in [1.54, 1.807) is 11.8 Å². The summed E-state index contributed by atoms with van der Waals surface area (Å²) >= 11 is 0. The normalized spacial score (nSPS) is 10.7. The molecule has 0 fully saturated rings. The highest BCUT2D eigenvalue weighted by Gasteiger charge is 2.19. The second kappa shape index (κ2) is 9.80. The van der Waals surface area contributed by atoms with Gasteiger partial charge >= 0.3 is 12.0 Å². The second-order valence-corrected chi connectivity index (χ2v) is 6.80. The van der Waals surface area contributed by atoms with E-state index >= 15 is 0 Å². The number of nitrogens with zero attached hydrogens (tertiary/aromatic N) is 2. The molecule has 0 aliphatic heterocycles. The van der Waals surface area contributed by atoms with Crippen LogP contribution in [0, 0.1) is 6.92 Å². The Hall–Kier alpha value is -2.76. The number of hydrogen-bond donors (Lipinski definition) is 1. The van der Waals surface area contributed by atoms with Gasteiger partial charge in [0.1, 0.15) is 6.54 Å². The third kappa shape index (κ3) is 6.16. The third-order valence-corrected chi connectivity index (χ3v) is 4.26. The predicted molar refractivity (Wildman–Crippen MR) is 105 cm³/mol. The molecule has 0 atom stereocenters. The van der Waals surface area contributed by atoms with Crippen LogP contribution in [0.1, 0.15) is 37.6 Å². The summed E-state index contributed by atoms with van der Waals surface area (Å²) < 4.78 is 7.00. The zero-order valence-electron chi connectivity index (χ0n) is 16.6. The summed E-state index contributed by atoms with van der Waals surface area (Å²) in [6.45, 7) is 9.12. The molecule has 6 nitrogen and oxygen atoms in total. The van der Waals surface area contributed by atoms with Gasteiger partial charge < -0.3 is 19.5 Å². The van der Waals surface area contributed by atoms with E-state index in [-0.39, 0.29) is 18.6 Å². The topological polar surface area (TPSA) is 63.6 Å². The van der Waals surface area contributed by atoms with Gasteiger partial charge in [-0.3, -0.25) is 4.79 Å². The van der Waals surface area contributed by atoms with Crippen LogP contribution < -0.4 is 5.32 Å². The lowest BCUT2D eigenvalue weighted by atomic mass is 10.1. The number of rotatable bonds is 8. The van der Waals surface area contributed by atoms with Crippen molar-refractivity contribution in [1.29, 1.82) is 0 Å². The number of benzene rings is 1. The minimum absolute atomic E-state index is 0.00508. The summed E-state index contributed by atoms with van der Waals surface area (Å²) in [5.74, 6) is -0.433. The van der Waals surface area contributed by atoms with Gasteiger partial charge in [0, 0.05) is 24.5 Å². The van der Waals surface area contributed by atoms with Gasteiger partial charge in [0.25, 0.3) is 0 Å². The molecule has 0 radical (unpaired) electrons. The van der Waals surface area contributed by atoms with Gasteiger partial charge in [0.2, 0.25) is 0 Å². The highest BCUT2D eigenvalue weighted by Crippen LogP contribution is 2.13. The fourth-order valence-corrected chi connectivity index (χ4v) is 2.88. The molecule has 0 aliphatic carbocycles. The number of nitrogens with one attached hydrogen (secondary N) is 1. The molecule has 0 aliphatic rings. The molecule has 0 saturated heterocycles. The van der Waals surface area contributed by atoms with E-state index < -0.39 is 5.97 Å². The number of aromatic nitrogens is 1. The molecule has 0 spiro atoms. The van der Waals surface area contributed by atoms with Crippen LogP contribution in [0.2, 0.25) is 0 Å². The zero-order valence-corrected chi connectivity index (χ0v) is 16.6. The monoisotopic (exact) mass is 371 g/mol. The summed E-state index contributed by atoms with van der Waals surface area (Å²) in [7, 11) is 0. The quantitative estimate of drug-likeness (QED) is 0.724. The molecule has 1 N–H and O–H groups in total. The van der Waals surface area contributed by atoms with Gasteiger partial charge in [0.15, 0.2) is 0 Å². The number of amides is 2. The van der Waals surface area contributed by atoms with Crippen LogP contribution in [0.25, 0.3) is 0 Å². The average molecular weight is 371 g/mol. The second-order valence-electron chi connectivity index (χ2n) is 6.80. The zero-order chi connectivity index (χ0) is 19.8. The van der Waals surface area contributed by atoms with E-state index in [1.165, 1.54) is 11.1 Å². The van der Waals surface area contributed by atoms with Crippen molar-refractivity contribution in [1.82, 2.24) is 14.8 Å². The first-order chi connectivity index (χ1) is 12.9. The molecular formula is C21H29N3O3. The molecular weight excluding hydrogens is 342 g/mol. The summed E-state index contributed by atoms with van der Waals surface area (Å²) in [5, 5.41) is 2.64. The Morgan fingerprint density at radius 2 is 2.00 bits per heavy atom. The van der Waals surface area contributed by atoms with E-state index in [2.05, 4.69) is 41.1 Å². The van der Waals surface area contributed by atoms with Crippen LogP contribution in [0.15, 0.2) is 42.6 Å². The highest BCUT2D eigenvalue weighted by atomic mass is 16.5. The van der Waals surface area contributed by atoms with Crippen LogP contribution in [0.4, 0.5) is 4.79 Å². The molecule has 2 aromatic rings. The third-order valence-electron chi connectivity index (χ3n) is 4.26. The van der Waals surface area contributed by atoms with Crippen molar-refractivity contribution in [3.8, 4) is 0 Å². The number of esters is 1. The number of ether oxygens (including phenoxy) is 1. The Balaban J connectivity index is 2.05. The van der Waals surface area contributed by atoms with Gasteiger partial charge in [0.05, 0.1) is 13.2 Å². The van der Waals surface area contributed by atoms with E-state index in [0.29, 0.717) is 13.2 Å². The molecule has 2 rings (SSSR count). The Kier molecular flexibility index (Phi) is 7.46.